The standard InChI is InChI=1S/C10H14N2O3S/c1-8-2-4-9(5-3-8)16(14,15)12-10(13)6-7-11/h2-5H,6-7,11H2,1H3,(H,12,13). The maximum Gasteiger partial charge on any atom is 0.264 e. The van der Waals surface area contributed by atoms with Crippen LogP contribution in [0.4, 0.5) is 0 Å². The Labute approximate surface area is 94.7 Å². The molecule has 0 aliphatic rings. The molecule has 0 saturated heterocycles. The number of nitrogens with two attached hydrogens (primary N) is 1. The Morgan fingerprint density at radius 3 is 2.38 bits per heavy atom. The fraction of sp³-hybridized carbons (Fsp3) is 0.300. The second-order valence-electron chi connectivity index (χ2n) is 3.38. The number of amides is 1. The molecule has 1 amide bonds. The zero-order valence-corrected chi connectivity index (χ0v) is 9.75. The van der Waals surface area contributed by atoms with Gasteiger partial charge in [-0.25, -0.2) is 13.1 Å². The van der Waals surface area contributed by atoms with Gasteiger partial charge in [-0.2, -0.15) is 0 Å². The molecule has 0 radical (unpaired) electrons. The van der Waals surface area contributed by atoms with E-state index in [2.05, 4.69) is 0 Å². The Balaban J connectivity index is 2.86. The largest absolute Gasteiger partial charge is 0.330 e. The second-order valence-corrected chi connectivity index (χ2v) is 5.06. The van der Waals surface area contributed by atoms with Crippen molar-refractivity contribution in [3.8, 4) is 0 Å². The molecular weight excluding hydrogens is 228 g/mol. The van der Waals surface area contributed by atoms with Crippen molar-refractivity contribution < 1.29 is 13.2 Å². The molecule has 5 nitrogen and oxygen atoms in total. The van der Waals surface area contributed by atoms with Gasteiger partial charge in [-0.1, -0.05) is 17.7 Å². The highest BCUT2D eigenvalue weighted by Crippen LogP contribution is 2.09. The molecule has 3 N–H and O–H groups in total. The lowest BCUT2D eigenvalue weighted by atomic mass is 10.2. The molecule has 0 atom stereocenters. The van der Waals surface area contributed by atoms with Gasteiger partial charge in [-0.05, 0) is 19.1 Å². The zero-order chi connectivity index (χ0) is 12.2. The summed E-state index contributed by atoms with van der Waals surface area (Å²) in [5, 5.41) is 0. The first kappa shape index (κ1) is 12.7. The zero-order valence-electron chi connectivity index (χ0n) is 8.93. The highest BCUT2D eigenvalue weighted by molar-refractivity contribution is 7.90. The third-order valence-corrected chi connectivity index (χ3v) is 3.34. The van der Waals surface area contributed by atoms with E-state index in [1.165, 1.54) is 12.1 Å². The molecule has 0 saturated carbocycles. The smallest absolute Gasteiger partial charge is 0.264 e. The van der Waals surface area contributed by atoms with Crippen LogP contribution in [-0.2, 0) is 14.8 Å². The minimum atomic E-state index is -3.75. The molecular formula is C10H14N2O3S. The first-order valence-electron chi connectivity index (χ1n) is 4.78. The molecule has 1 rings (SSSR count). The van der Waals surface area contributed by atoms with Gasteiger partial charge in [0, 0.05) is 13.0 Å². The minimum Gasteiger partial charge on any atom is -0.330 e. The number of carbonyl (C=O) groups excluding carboxylic acids is 1. The van der Waals surface area contributed by atoms with Crippen LogP contribution in [-0.4, -0.2) is 20.9 Å². The minimum absolute atomic E-state index is 0.00884. The van der Waals surface area contributed by atoms with E-state index in [9.17, 15) is 13.2 Å². The van der Waals surface area contributed by atoms with E-state index in [-0.39, 0.29) is 17.9 Å². The van der Waals surface area contributed by atoms with Gasteiger partial charge in [-0.3, -0.25) is 4.79 Å². The summed E-state index contributed by atoms with van der Waals surface area (Å²) in [6.45, 7) is 1.97. The molecule has 0 spiro atoms. The lowest BCUT2D eigenvalue weighted by Gasteiger charge is -2.06. The molecule has 0 heterocycles. The van der Waals surface area contributed by atoms with Gasteiger partial charge in [-0.15, -0.1) is 0 Å². The van der Waals surface area contributed by atoms with Gasteiger partial charge in [0.05, 0.1) is 4.90 Å². The van der Waals surface area contributed by atoms with E-state index in [1.807, 2.05) is 11.6 Å². The highest BCUT2D eigenvalue weighted by atomic mass is 32.2. The number of carbonyl (C=O) groups is 1. The third kappa shape index (κ3) is 3.32. The van der Waals surface area contributed by atoms with Crippen molar-refractivity contribution in [2.75, 3.05) is 6.54 Å². The van der Waals surface area contributed by atoms with E-state index in [1.54, 1.807) is 12.1 Å². The van der Waals surface area contributed by atoms with Crippen LogP contribution in [0.15, 0.2) is 29.2 Å². The summed E-state index contributed by atoms with van der Waals surface area (Å²) in [7, 11) is -3.75. The van der Waals surface area contributed by atoms with E-state index in [4.69, 9.17) is 5.73 Å². The molecule has 1 aromatic carbocycles. The fourth-order valence-electron chi connectivity index (χ4n) is 1.11. The predicted octanol–water partition coefficient (Wildman–Crippen LogP) is 0.149. The SMILES string of the molecule is Cc1ccc(S(=O)(=O)NC(=O)CCN)cc1. The van der Waals surface area contributed by atoms with Crippen molar-refractivity contribution in [2.24, 2.45) is 5.73 Å². The van der Waals surface area contributed by atoms with Crippen LogP contribution in [0.25, 0.3) is 0 Å². The van der Waals surface area contributed by atoms with Crippen LogP contribution in [0.1, 0.15) is 12.0 Å². The van der Waals surface area contributed by atoms with E-state index >= 15 is 0 Å². The summed E-state index contributed by atoms with van der Waals surface area (Å²) in [4.78, 5) is 11.2. The van der Waals surface area contributed by atoms with Gasteiger partial charge in [0.2, 0.25) is 5.91 Å². The van der Waals surface area contributed by atoms with Crippen molar-refractivity contribution in [2.45, 2.75) is 18.2 Å². The van der Waals surface area contributed by atoms with E-state index < -0.39 is 15.9 Å². The van der Waals surface area contributed by atoms with Crippen LogP contribution < -0.4 is 10.5 Å². The normalized spacial score (nSPS) is 11.1. The van der Waals surface area contributed by atoms with Gasteiger partial charge in [0.1, 0.15) is 0 Å². The lowest BCUT2D eigenvalue weighted by molar-refractivity contribution is -0.119. The fourth-order valence-corrected chi connectivity index (χ4v) is 2.12. The number of benzene rings is 1. The van der Waals surface area contributed by atoms with Crippen LogP contribution in [0.2, 0.25) is 0 Å². The Hall–Kier alpha value is -1.40. The molecule has 1 aromatic rings. The first-order valence-corrected chi connectivity index (χ1v) is 6.26. The van der Waals surface area contributed by atoms with Crippen molar-refractivity contribution >= 4 is 15.9 Å². The summed E-state index contributed by atoms with van der Waals surface area (Å²) < 4.78 is 25.3. The maximum absolute atomic E-state index is 11.7. The number of sulfonamides is 1. The number of hydrogen-bond acceptors (Lipinski definition) is 4. The van der Waals surface area contributed by atoms with Gasteiger partial charge in [0.15, 0.2) is 0 Å². The lowest BCUT2D eigenvalue weighted by Crippen LogP contribution is -2.31. The topological polar surface area (TPSA) is 89.3 Å². The van der Waals surface area contributed by atoms with E-state index in [0.29, 0.717) is 0 Å². The molecule has 0 aliphatic carbocycles. The molecule has 6 heteroatoms. The van der Waals surface area contributed by atoms with Crippen molar-refractivity contribution in [1.29, 1.82) is 0 Å². The summed E-state index contributed by atoms with van der Waals surface area (Å²) in [6.07, 6.45) is -0.00884. The number of hydrogen-bond donors (Lipinski definition) is 2. The molecule has 16 heavy (non-hydrogen) atoms. The Morgan fingerprint density at radius 1 is 1.31 bits per heavy atom. The molecule has 88 valence electrons. The monoisotopic (exact) mass is 242 g/mol. The molecule has 0 aliphatic heterocycles. The third-order valence-electron chi connectivity index (χ3n) is 1.95. The first-order chi connectivity index (χ1) is 7.45. The number of nitrogens with one attached hydrogen (secondary N) is 1. The number of aryl methyl sites for hydroxylation is 1. The summed E-state index contributed by atoms with van der Waals surface area (Å²) in [5.74, 6) is -0.594. The Kier molecular flexibility index (Phi) is 4.03. The Morgan fingerprint density at radius 2 is 1.88 bits per heavy atom. The summed E-state index contributed by atoms with van der Waals surface area (Å²) >= 11 is 0. The van der Waals surface area contributed by atoms with Gasteiger partial charge < -0.3 is 5.73 Å². The molecule has 0 fully saturated rings. The second kappa shape index (κ2) is 5.09. The molecule has 0 unspecified atom stereocenters. The maximum atomic E-state index is 11.7. The van der Waals surface area contributed by atoms with Gasteiger partial charge in [0.25, 0.3) is 10.0 Å². The predicted molar refractivity (Wildman–Crippen MR) is 60.2 cm³/mol. The van der Waals surface area contributed by atoms with Crippen molar-refractivity contribution in [3.63, 3.8) is 0 Å². The van der Waals surface area contributed by atoms with Crippen LogP contribution in [0, 0.1) is 6.92 Å². The summed E-state index contributed by atoms with van der Waals surface area (Å²) in [6, 6.07) is 6.24. The molecule has 0 bridgehead atoms. The quantitative estimate of drug-likeness (QED) is 0.786. The van der Waals surface area contributed by atoms with E-state index in [0.717, 1.165) is 5.56 Å². The van der Waals surface area contributed by atoms with Crippen molar-refractivity contribution in [3.05, 3.63) is 29.8 Å². The average Bonchev–Trinajstić information content (AvgIpc) is 2.17. The Bertz CT molecular complexity index is 465. The molecule has 0 aromatic heterocycles. The van der Waals surface area contributed by atoms with Crippen LogP contribution in [0.3, 0.4) is 0 Å². The van der Waals surface area contributed by atoms with Crippen molar-refractivity contribution in [1.82, 2.24) is 4.72 Å². The number of rotatable bonds is 4. The van der Waals surface area contributed by atoms with Crippen LogP contribution in [0.5, 0.6) is 0 Å². The summed E-state index contributed by atoms with van der Waals surface area (Å²) in [5.41, 5.74) is 6.10. The average molecular weight is 242 g/mol. The van der Waals surface area contributed by atoms with Gasteiger partial charge >= 0.3 is 0 Å². The highest BCUT2D eigenvalue weighted by Gasteiger charge is 2.16. The van der Waals surface area contributed by atoms with Crippen LogP contribution >= 0.6 is 0 Å².